The molecule has 0 spiro atoms. The monoisotopic (exact) mass is 268 g/mol. The number of rotatable bonds is 5. The fraction of sp³-hybridized carbons (Fsp3) is 0.583. The van der Waals surface area contributed by atoms with Crippen LogP contribution in [0, 0.1) is 5.92 Å². The maximum atomic E-state index is 11.7. The summed E-state index contributed by atoms with van der Waals surface area (Å²) < 4.78 is 9.76. The van der Waals surface area contributed by atoms with Crippen molar-refractivity contribution < 1.29 is 24.0 Å². The van der Waals surface area contributed by atoms with Crippen LogP contribution in [0.1, 0.15) is 29.1 Å². The molecule has 0 radical (unpaired) electrons. The molecule has 0 bridgehead atoms. The zero-order valence-corrected chi connectivity index (χ0v) is 10.4. The van der Waals surface area contributed by atoms with Crippen LogP contribution in [0.2, 0.25) is 0 Å². The van der Waals surface area contributed by atoms with Crippen LogP contribution in [0.5, 0.6) is 0 Å². The molecular formula is C12H16N2O5. The van der Waals surface area contributed by atoms with Gasteiger partial charge in [-0.1, -0.05) is 5.16 Å². The van der Waals surface area contributed by atoms with Gasteiger partial charge in [0.1, 0.15) is 0 Å². The van der Waals surface area contributed by atoms with E-state index < -0.39 is 5.97 Å². The van der Waals surface area contributed by atoms with Gasteiger partial charge in [-0.05, 0) is 25.9 Å². The summed E-state index contributed by atoms with van der Waals surface area (Å²) in [6.07, 6.45) is 1.95. The second-order valence-corrected chi connectivity index (χ2v) is 4.43. The number of aromatic nitrogens is 1. The van der Waals surface area contributed by atoms with Gasteiger partial charge in [0.25, 0.3) is 0 Å². The van der Waals surface area contributed by atoms with E-state index in [0.29, 0.717) is 12.1 Å². The molecule has 1 aliphatic heterocycles. The molecule has 7 heteroatoms. The van der Waals surface area contributed by atoms with Gasteiger partial charge in [-0.15, -0.1) is 0 Å². The van der Waals surface area contributed by atoms with Crippen molar-refractivity contribution in [1.82, 2.24) is 10.5 Å². The Morgan fingerprint density at radius 1 is 1.47 bits per heavy atom. The van der Waals surface area contributed by atoms with Crippen molar-refractivity contribution in [2.24, 2.45) is 5.92 Å². The number of esters is 1. The van der Waals surface area contributed by atoms with E-state index in [0.717, 1.165) is 25.9 Å². The van der Waals surface area contributed by atoms with E-state index in [1.165, 1.54) is 6.07 Å². The van der Waals surface area contributed by atoms with E-state index in [2.05, 4.69) is 15.0 Å². The van der Waals surface area contributed by atoms with E-state index >= 15 is 0 Å². The average molecular weight is 268 g/mol. The second kappa shape index (κ2) is 6.33. The number of nitrogens with zero attached hydrogens (tertiary/aromatic N) is 1. The largest absolute Gasteiger partial charge is 0.475 e. The van der Waals surface area contributed by atoms with Crippen LogP contribution in [-0.2, 0) is 16.0 Å². The molecule has 0 aliphatic carbocycles. The molecule has 2 N–H and O–H groups in total. The van der Waals surface area contributed by atoms with E-state index in [4.69, 9.17) is 9.84 Å². The van der Waals surface area contributed by atoms with Crippen LogP contribution in [0.25, 0.3) is 0 Å². The summed E-state index contributed by atoms with van der Waals surface area (Å²) in [5.41, 5.74) is 0.468. The van der Waals surface area contributed by atoms with Crippen molar-refractivity contribution in [3.8, 4) is 0 Å². The van der Waals surface area contributed by atoms with E-state index in [-0.39, 0.29) is 24.3 Å². The smallest absolute Gasteiger partial charge is 0.374 e. The standard InChI is InChI=1S/C12H16N2O5/c15-11(16)10-7-9(14-19-10)3-6-18-12(17)8-1-4-13-5-2-8/h7-8,13H,1-6H2,(H,15,16). The van der Waals surface area contributed by atoms with Crippen LogP contribution in [0.4, 0.5) is 0 Å². The Bertz CT molecular complexity index is 451. The third kappa shape index (κ3) is 3.78. The molecule has 19 heavy (non-hydrogen) atoms. The molecule has 1 fully saturated rings. The number of carboxylic acids is 1. The zero-order chi connectivity index (χ0) is 13.7. The maximum absolute atomic E-state index is 11.7. The molecule has 2 heterocycles. The van der Waals surface area contributed by atoms with Gasteiger partial charge in [-0.25, -0.2) is 4.79 Å². The Balaban J connectivity index is 1.73. The Morgan fingerprint density at radius 2 is 2.21 bits per heavy atom. The molecule has 0 saturated carbocycles. The minimum absolute atomic E-state index is 0.0341. The van der Waals surface area contributed by atoms with Crippen molar-refractivity contribution in [3.63, 3.8) is 0 Å². The number of carboxylic acid groups (broad SMARTS) is 1. The predicted octanol–water partition coefficient (Wildman–Crippen LogP) is 0.458. The number of carbonyl (C=O) groups excluding carboxylic acids is 1. The number of nitrogens with one attached hydrogen (secondary N) is 1. The van der Waals surface area contributed by atoms with Crippen LogP contribution in [0.3, 0.4) is 0 Å². The lowest BCUT2D eigenvalue weighted by Crippen LogP contribution is -2.33. The van der Waals surface area contributed by atoms with E-state index in [1.54, 1.807) is 0 Å². The second-order valence-electron chi connectivity index (χ2n) is 4.43. The summed E-state index contributed by atoms with van der Waals surface area (Å²) in [7, 11) is 0. The first-order valence-electron chi connectivity index (χ1n) is 6.23. The SMILES string of the molecule is O=C(O)c1cc(CCOC(=O)C2CCNCC2)no1. The van der Waals surface area contributed by atoms with Gasteiger partial charge in [0, 0.05) is 12.5 Å². The Morgan fingerprint density at radius 3 is 2.84 bits per heavy atom. The molecule has 0 amide bonds. The van der Waals surface area contributed by atoms with Gasteiger partial charge in [-0.3, -0.25) is 4.79 Å². The minimum atomic E-state index is -1.16. The Labute approximate surface area is 109 Å². The number of carbonyl (C=O) groups is 2. The van der Waals surface area contributed by atoms with Crippen molar-refractivity contribution in [2.75, 3.05) is 19.7 Å². The highest BCUT2D eigenvalue weighted by atomic mass is 16.5. The van der Waals surface area contributed by atoms with Crippen LogP contribution in [0.15, 0.2) is 10.6 Å². The molecule has 1 saturated heterocycles. The van der Waals surface area contributed by atoms with Crippen LogP contribution >= 0.6 is 0 Å². The number of ether oxygens (including phenoxy) is 1. The number of hydrogen-bond donors (Lipinski definition) is 2. The molecule has 0 aromatic carbocycles. The number of hydrogen-bond acceptors (Lipinski definition) is 6. The van der Waals surface area contributed by atoms with Gasteiger partial charge < -0.3 is 19.7 Å². The maximum Gasteiger partial charge on any atom is 0.374 e. The predicted molar refractivity (Wildman–Crippen MR) is 63.7 cm³/mol. The summed E-state index contributed by atoms with van der Waals surface area (Å²) in [4.78, 5) is 22.3. The van der Waals surface area contributed by atoms with E-state index in [1.807, 2.05) is 0 Å². The summed E-state index contributed by atoms with van der Waals surface area (Å²) in [6.45, 7) is 1.87. The Kier molecular flexibility index (Phi) is 4.51. The van der Waals surface area contributed by atoms with Crippen molar-refractivity contribution >= 4 is 11.9 Å². The Hall–Kier alpha value is -1.89. The highest BCUT2D eigenvalue weighted by Crippen LogP contribution is 2.13. The topological polar surface area (TPSA) is 102 Å². The summed E-state index contributed by atoms with van der Waals surface area (Å²) in [5, 5.41) is 15.4. The molecular weight excluding hydrogens is 252 g/mol. The average Bonchev–Trinajstić information content (AvgIpc) is 2.89. The van der Waals surface area contributed by atoms with Crippen molar-refractivity contribution in [2.45, 2.75) is 19.3 Å². The normalized spacial score (nSPS) is 16.2. The van der Waals surface area contributed by atoms with E-state index in [9.17, 15) is 9.59 Å². The van der Waals surface area contributed by atoms with Crippen LogP contribution in [-0.4, -0.2) is 41.9 Å². The highest BCUT2D eigenvalue weighted by molar-refractivity contribution is 5.84. The first kappa shape index (κ1) is 13.5. The van der Waals surface area contributed by atoms with Gasteiger partial charge in [0.05, 0.1) is 18.2 Å². The molecule has 2 rings (SSSR count). The number of aromatic carboxylic acids is 1. The number of piperidine rings is 1. The fourth-order valence-corrected chi connectivity index (χ4v) is 1.96. The lowest BCUT2D eigenvalue weighted by molar-refractivity contribution is -0.149. The third-order valence-electron chi connectivity index (χ3n) is 3.04. The van der Waals surface area contributed by atoms with Crippen LogP contribution < -0.4 is 5.32 Å². The molecule has 1 aromatic heterocycles. The summed E-state index contributed by atoms with van der Waals surface area (Å²) in [5.74, 6) is -1.60. The third-order valence-corrected chi connectivity index (χ3v) is 3.04. The van der Waals surface area contributed by atoms with Gasteiger partial charge in [0.15, 0.2) is 0 Å². The van der Waals surface area contributed by atoms with Gasteiger partial charge in [-0.2, -0.15) is 0 Å². The lowest BCUT2D eigenvalue weighted by Gasteiger charge is -2.20. The molecule has 7 nitrogen and oxygen atoms in total. The molecule has 0 unspecified atom stereocenters. The summed E-state index contributed by atoms with van der Waals surface area (Å²) in [6, 6.07) is 1.33. The summed E-state index contributed by atoms with van der Waals surface area (Å²) >= 11 is 0. The molecule has 1 aromatic rings. The van der Waals surface area contributed by atoms with Gasteiger partial charge >= 0.3 is 11.9 Å². The zero-order valence-electron chi connectivity index (χ0n) is 10.4. The highest BCUT2D eigenvalue weighted by Gasteiger charge is 2.22. The fourth-order valence-electron chi connectivity index (χ4n) is 1.96. The molecule has 1 aliphatic rings. The quantitative estimate of drug-likeness (QED) is 0.748. The first-order valence-corrected chi connectivity index (χ1v) is 6.23. The molecule has 0 atom stereocenters. The lowest BCUT2D eigenvalue weighted by atomic mass is 9.99. The molecule has 104 valence electrons. The minimum Gasteiger partial charge on any atom is -0.475 e. The van der Waals surface area contributed by atoms with Gasteiger partial charge in [0.2, 0.25) is 5.76 Å². The van der Waals surface area contributed by atoms with Crippen molar-refractivity contribution in [1.29, 1.82) is 0 Å². The van der Waals surface area contributed by atoms with Crippen molar-refractivity contribution in [3.05, 3.63) is 17.5 Å². The first-order chi connectivity index (χ1) is 9.16.